The van der Waals surface area contributed by atoms with Gasteiger partial charge in [-0.3, -0.25) is 0 Å². The predicted molar refractivity (Wildman–Crippen MR) is 518 cm³/mol. The van der Waals surface area contributed by atoms with Crippen LogP contribution in [0.1, 0.15) is 11.1 Å². The fourth-order valence-corrected chi connectivity index (χ4v) is 17.2. The standard InChI is InChI=1S/C113H67N19/c114-68-70-52-54-71(55-53-70)86-49-29-51-96(132-93-62-58-83(110-124-103(76-38-18-5-19-39-76)118-104(125-110)77-40-20-6-21-41-77)66-89(93)90-67-84(59-63-94(90)132)111-126-105(78-42-22-7-23-43-78)119-106(127-111)79-44-24-8-25-45-79)98(86)113-129-107(80-46-26-9-27-47-80)128-112(130-113)97-85(69-115)48-28-50-95(97)131-91-60-56-81(108-120-99(72-30-10-1-11-31-72)116-100(121-108)73-32-12-2-13-33-73)64-87(91)88-65-82(57-61-92(88)131)109-122-101(74-34-14-3-15-35-74)117-102(123-109)75-36-16-4-17-37-75/h1-67H. The normalized spacial score (nSPS) is 11.3. The minimum absolute atomic E-state index is 0.203. The first-order chi connectivity index (χ1) is 65.3. The van der Waals surface area contributed by atoms with Crippen LogP contribution in [0, 0.1) is 22.7 Å². The second-order valence-corrected chi connectivity index (χ2v) is 31.6. The maximum absolute atomic E-state index is 12.0. The molecule has 0 radical (unpaired) electrons. The molecule has 0 spiro atoms. The van der Waals surface area contributed by atoms with Crippen molar-refractivity contribution in [2.24, 2.45) is 0 Å². The number of aromatic nitrogens is 17. The molecule has 614 valence electrons. The predicted octanol–water partition coefficient (Wildman–Crippen LogP) is 25.2. The number of nitriles is 2. The quantitative estimate of drug-likeness (QED) is 0.0774. The Morgan fingerprint density at radius 3 is 0.629 bits per heavy atom. The Labute approximate surface area is 756 Å². The van der Waals surface area contributed by atoms with Crippen molar-refractivity contribution in [2.45, 2.75) is 0 Å². The first kappa shape index (κ1) is 77.9. The second-order valence-electron chi connectivity index (χ2n) is 31.6. The van der Waals surface area contributed by atoms with E-state index in [4.69, 9.17) is 74.8 Å². The summed E-state index contributed by atoms with van der Waals surface area (Å²) in [6.07, 6.45) is 0. The number of nitrogens with zero attached hydrogens (tertiary/aromatic N) is 19. The van der Waals surface area contributed by atoms with E-state index >= 15 is 0 Å². The number of hydrogen-bond acceptors (Lipinski definition) is 17. The molecule has 0 amide bonds. The number of fused-ring (bicyclic) bond motifs is 6. The molecule has 0 saturated carbocycles. The van der Waals surface area contributed by atoms with E-state index in [1.54, 1.807) is 6.07 Å². The van der Waals surface area contributed by atoms with Gasteiger partial charge in [0, 0.05) is 93.9 Å². The first-order valence-electron chi connectivity index (χ1n) is 43.0. The second kappa shape index (κ2) is 33.6. The zero-order chi connectivity index (χ0) is 88.0. The summed E-state index contributed by atoms with van der Waals surface area (Å²) in [5.74, 6) is 6.76. The first-order valence-corrected chi connectivity index (χ1v) is 43.0. The van der Waals surface area contributed by atoms with Gasteiger partial charge in [-0.15, -0.1) is 0 Å². The Morgan fingerprint density at radius 1 is 0.167 bits per heavy atom. The molecule has 19 nitrogen and oxygen atoms in total. The van der Waals surface area contributed by atoms with Crippen molar-refractivity contribution >= 4 is 43.6 Å². The van der Waals surface area contributed by atoms with Gasteiger partial charge in [-0.1, -0.05) is 303 Å². The summed E-state index contributed by atoms with van der Waals surface area (Å²) in [5.41, 5.74) is 17.9. The van der Waals surface area contributed by atoms with E-state index in [1.807, 2.05) is 328 Å². The van der Waals surface area contributed by atoms with Crippen LogP contribution in [0.15, 0.2) is 406 Å². The molecule has 0 aliphatic heterocycles. The molecule has 0 N–H and O–H groups in total. The highest BCUT2D eigenvalue weighted by Gasteiger charge is 2.30. The van der Waals surface area contributed by atoms with Crippen LogP contribution < -0.4 is 0 Å². The third-order valence-corrected chi connectivity index (χ3v) is 23.5. The van der Waals surface area contributed by atoms with E-state index in [9.17, 15) is 10.5 Å². The van der Waals surface area contributed by atoms with Crippen molar-refractivity contribution < 1.29 is 0 Å². The Balaban J connectivity index is 0.770. The average Bonchev–Trinajstić information content (AvgIpc) is 1.56. The van der Waals surface area contributed by atoms with Crippen molar-refractivity contribution in [3.8, 4) is 205 Å². The maximum atomic E-state index is 12.0. The lowest BCUT2D eigenvalue weighted by Crippen LogP contribution is -2.07. The average molecular weight is 1690 g/mol. The van der Waals surface area contributed by atoms with Crippen molar-refractivity contribution in [1.29, 1.82) is 10.5 Å². The Hall–Kier alpha value is -18.9. The highest BCUT2D eigenvalue weighted by molar-refractivity contribution is 6.14. The molecule has 0 bridgehead atoms. The summed E-state index contributed by atoms with van der Waals surface area (Å²) >= 11 is 0. The van der Waals surface area contributed by atoms with Gasteiger partial charge in [0.25, 0.3) is 0 Å². The van der Waals surface area contributed by atoms with Gasteiger partial charge >= 0.3 is 0 Å². The molecule has 0 aliphatic carbocycles. The summed E-state index contributed by atoms with van der Waals surface area (Å²) in [6.45, 7) is 0. The third kappa shape index (κ3) is 14.7. The topological polar surface area (TPSA) is 251 Å². The van der Waals surface area contributed by atoms with Gasteiger partial charge in [0.2, 0.25) is 0 Å². The zero-order valence-electron chi connectivity index (χ0n) is 70.2. The molecule has 16 aromatic carbocycles. The molecular weight excluding hydrogens is 1620 g/mol. The largest absolute Gasteiger partial charge is 0.308 e. The zero-order valence-corrected chi connectivity index (χ0v) is 70.2. The molecule has 7 aromatic heterocycles. The molecule has 0 saturated heterocycles. The van der Waals surface area contributed by atoms with Gasteiger partial charge in [0.1, 0.15) is 0 Å². The molecule has 23 aromatic rings. The van der Waals surface area contributed by atoms with E-state index in [1.165, 1.54) is 0 Å². The molecule has 23 rings (SSSR count). The highest BCUT2D eigenvalue weighted by atomic mass is 15.1. The van der Waals surface area contributed by atoms with E-state index in [0.29, 0.717) is 109 Å². The van der Waals surface area contributed by atoms with Crippen LogP contribution in [0.25, 0.3) is 237 Å². The summed E-state index contributed by atoms with van der Waals surface area (Å²) in [6, 6.07) is 139. The van der Waals surface area contributed by atoms with Gasteiger partial charge in [-0.25, -0.2) is 74.8 Å². The van der Waals surface area contributed by atoms with Crippen LogP contribution in [0.2, 0.25) is 0 Å². The lowest BCUT2D eigenvalue weighted by molar-refractivity contribution is 1.06. The van der Waals surface area contributed by atoms with Crippen LogP contribution in [0.5, 0.6) is 0 Å². The van der Waals surface area contributed by atoms with Crippen molar-refractivity contribution in [3.63, 3.8) is 0 Å². The van der Waals surface area contributed by atoms with Gasteiger partial charge in [-0.2, -0.15) is 10.5 Å². The van der Waals surface area contributed by atoms with E-state index < -0.39 is 0 Å². The van der Waals surface area contributed by atoms with Crippen LogP contribution in [0.4, 0.5) is 0 Å². The highest BCUT2D eigenvalue weighted by Crippen LogP contribution is 2.47. The van der Waals surface area contributed by atoms with Crippen LogP contribution >= 0.6 is 0 Å². The Kier molecular flexibility index (Phi) is 19.8. The number of rotatable bonds is 18. The van der Waals surface area contributed by atoms with Crippen LogP contribution in [-0.4, -0.2) is 83.9 Å². The fourth-order valence-electron chi connectivity index (χ4n) is 17.2. The van der Waals surface area contributed by atoms with E-state index in [-0.39, 0.29) is 17.2 Å². The van der Waals surface area contributed by atoms with Gasteiger partial charge < -0.3 is 9.13 Å². The molecule has 19 heteroatoms. The summed E-state index contributed by atoms with van der Waals surface area (Å²) < 4.78 is 4.43. The number of benzene rings is 16. The maximum Gasteiger partial charge on any atom is 0.167 e. The summed E-state index contributed by atoms with van der Waals surface area (Å²) in [4.78, 5) is 79.6. The molecule has 0 atom stereocenters. The molecule has 132 heavy (non-hydrogen) atoms. The third-order valence-electron chi connectivity index (χ3n) is 23.5. The summed E-state index contributed by atoms with van der Waals surface area (Å²) in [7, 11) is 0. The molecular formula is C113H67N19. The molecule has 0 fully saturated rings. The van der Waals surface area contributed by atoms with Crippen LogP contribution in [0.3, 0.4) is 0 Å². The van der Waals surface area contributed by atoms with E-state index in [0.717, 1.165) is 122 Å². The summed E-state index contributed by atoms with van der Waals surface area (Å²) in [5, 5.41) is 25.7. The van der Waals surface area contributed by atoms with Crippen molar-refractivity contribution in [3.05, 3.63) is 418 Å². The SMILES string of the molecule is N#Cc1ccc(-c2cccc(-n3c4ccc(-c5nc(-c6ccccc6)nc(-c6ccccc6)n5)cc4c4cc(-c5nc(-c6ccccc6)nc(-c6ccccc6)n5)ccc43)c2-c2nc(-c3ccccc3)nc(-c3c(C#N)cccc3-n3c4ccc(-c5nc(-c6ccccc6)nc(-c6ccccc6)n5)cc4c4cc(-c5nc(-c6ccccc6)nc(-c6ccccc6)n5)ccc43)n2)cc1. The molecule has 0 unspecified atom stereocenters. The van der Waals surface area contributed by atoms with Gasteiger partial charge in [-0.05, 0) is 114 Å². The minimum atomic E-state index is 0.203. The Bertz CT molecular complexity index is 7900. The van der Waals surface area contributed by atoms with Crippen molar-refractivity contribution in [1.82, 2.24) is 83.9 Å². The van der Waals surface area contributed by atoms with Crippen molar-refractivity contribution in [2.75, 3.05) is 0 Å². The van der Waals surface area contributed by atoms with Gasteiger partial charge in [0.15, 0.2) is 87.4 Å². The Morgan fingerprint density at radius 2 is 0.379 bits per heavy atom. The smallest absolute Gasteiger partial charge is 0.167 e. The monoisotopic (exact) mass is 1690 g/mol. The molecule has 0 aliphatic rings. The molecule has 7 heterocycles. The number of hydrogen-bond donors (Lipinski definition) is 0. The van der Waals surface area contributed by atoms with E-state index in [2.05, 4.69) is 94.1 Å². The minimum Gasteiger partial charge on any atom is -0.308 e. The fraction of sp³-hybridized carbons (Fsp3) is 0. The lowest BCUT2D eigenvalue weighted by atomic mass is 9.96. The van der Waals surface area contributed by atoms with Gasteiger partial charge in [0.05, 0.1) is 67.8 Å². The van der Waals surface area contributed by atoms with Crippen LogP contribution in [-0.2, 0) is 0 Å². The lowest BCUT2D eigenvalue weighted by Gasteiger charge is -2.19.